The van der Waals surface area contributed by atoms with Gasteiger partial charge in [-0.25, -0.2) is 0 Å². The van der Waals surface area contributed by atoms with Crippen molar-refractivity contribution in [3.8, 4) is 5.75 Å². The average Bonchev–Trinajstić information content (AvgIpc) is 2.67. The molecule has 6 nitrogen and oxygen atoms in total. The fourth-order valence-corrected chi connectivity index (χ4v) is 3.12. The van der Waals surface area contributed by atoms with Gasteiger partial charge in [-0.1, -0.05) is 12.1 Å². The van der Waals surface area contributed by atoms with Crippen molar-refractivity contribution in [3.05, 3.63) is 53.6 Å². The second kappa shape index (κ2) is 8.07. The lowest BCUT2D eigenvalue weighted by Gasteiger charge is -2.36. The lowest BCUT2D eigenvalue weighted by Crippen LogP contribution is -2.49. The van der Waals surface area contributed by atoms with Crippen LogP contribution in [0.5, 0.6) is 5.75 Å². The highest BCUT2D eigenvalue weighted by Gasteiger charge is 2.29. The third-order valence-electron chi connectivity index (χ3n) is 4.52. The average molecular weight is 341 g/mol. The maximum absolute atomic E-state index is 13.0. The van der Waals surface area contributed by atoms with Crippen molar-refractivity contribution < 1.29 is 14.3 Å². The first-order valence-electron chi connectivity index (χ1n) is 8.49. The number of nitrogens with zero attached hydrogens (tertiary/aromatic N) is 3. The summed E-state index contributed by atoms with van der Waals surface area (Å²) in [4.78, 5) is 23.6. The zero-order chi connectivity index (χ0) is 17.6. The first-order chi connectivity index (χ1) is 12.2. The Morgan fingerprint density at radius 1 is 1.32 bits per heavy atom. The molecule has 0 spiro atoms. The smallest absolute Gasteiger partial charge is 0.258 e. The standard InChI is InChI=1S/C19H23N3O3/c1-14-17(21-10-9-20-14)8-7-15-13-25-12-11-22(15)19(23)16-5-3-4-6-18(16)24-2/h3-6,9-10,15H,7-8,11-13H2,1-2H3/t15-/m1/s1. The molecule has 25 heavy (non-hydrogen) atoms. The molecular formula is C19H23N3O3. The molecule has 0 radical (unpaired) electrons. The van der Waals surface area contributed by atoms with E-state index in [9.17, 15) is 4.79 Å². The quantitative estimate of drug-likeness (QED) is 0.835. The molecule has 1 saturated heterocycles. The second-order valence-electron chi connectivity index (χ2n) is 6.05. The van der Waals surface area contributed by atoms with Crippen molar-refractivity contribution in [3.63, 3.8) is 0 Å². The SMILES string of the molecule is COc1ccccc1C(=O)N1CCOC[C@H]1CCc1nccnc1C. The topological polar surface area (TPSA) is 64.5 Å². The van der Waals surface area contributed by atoms with E-state index < -0.39 is 0 Å². The summed E-state index contributed by atoms with van der Waals surface area (Å²) in [6.07, 6.45) is 4.96. The highest BCUT2D eigenvalue weighted by atomic mass is 16.5. The molecule has 1 amide bonds. The van der Waals surface area contributed by atoms with Crippen LogP contribution in [0.1, 0.15) is 28.2 Å². The minimum absolute atomic E-state index is 0.0124. The molecule has 1 aromatic heterocycles. The number of benzene rings is 1. The van der Waals surface area contributed by atoms with Crippen molar-refractivity contribution in [1.29, 1.82) is 0 Å². The van der Waals surface area contributed by atoms with E-state index in [1.54, 1.807) is 25.6 Å². The largest absolute Gasteiger partial charge is 0.496 e. The number of carbonyl (C=O) groups is 1. The first-order valence-corrected chi connectivity index (χ1v) is 8.49. The number of aryl methyl sites for hydroxylation is 2. The molecule has 6 heteroatoms. The van der Waals surface area contributed by atoms with Crippen LogP contribution in [-0.2, 0) is 11.2 Å². The number of para-hydroxylation sites is 1. The van der Waals surface area contributed by atoms with Crippen molar-refractivity contribution in [2.24, 2.45) is 0 Å². The van der Waals surface area contributed by atoms with Gasteiger partial charge >= 0.3 is 0 Å². The molecule has 0 unspecified atom stereocenters. The van der Waals surface area contributed by atoms with Gasteiger partial charge in [0.05, 0.1) is 43.3 Å². The Morgan fingerprint density at radius 2 is 2.12 bits per heavy atom. The molecule has 1 aromatic carbocycles. The summed E-state index contributed by atoms with van der Waals surface area (Å²) < 4.78 is 11.0. The summed E-state index contributed by atoms with van der Waals surface area (Å²) in [5.41, 5.74) is 2.49. The van der Waals surface area contributed by atoms with Gasteiger partial charge in [0.15, 0.2) is 0 Å². The molecule has 3 rings (SSSR count). The van der Waals surface area contributed by atoms with Gasteiger partial charge in [0.25, 0.3) is 5.91 Å². The van der Waals surface area contributed by atoms with Gasteiger partial charge in [-0.15, -0.1) is 0 Å². The molecule has 1 aliphatic heterocycles. The number of hydrogen-bond acceptors (Lipinski definition) is 5. The van der Waals surface area contributed by atoms with Gasteiger partial charge in [-0.3, -0.25) is 14.8 Å². The maximum atomic E-state index is 13.0. The Morgan fingerprint density at radius 3 is 2.92 bits per heavy atom. The van der Waals surface area contributed by atoms with E-state index in [1.807, 2.05) is 30.0 Å². The van der Waals surface area contributed by atoms with Crippen molar-refractivity contribution in [2.75, 3.05) is 26.9 Å². The van der Waals surface area contributed by atoms with Crippen molar-refractivity contribution in [1.82, 2.24) is 14.9 Å². The zero-order valence-corrected chi connectivity index (χ0v) is 14.6. The molecule has 0 N–H and O–H groups in total. The summed E-state index contributed by atoms with van der Waals surface area (Å²) >= 11 is 0. The number of rotatable bonds is 5. The van der Waals surface area contributed by atoms with Gasteiger partial charge in [0, 0.05) is 18.9 Å². The third kappa shape index (κ3) is 3.96. The monoisotopic (exact) mass is 341 g/mol. The van der Waals surface area contributed by atoms with Crippen LogP contribution in [0.25, 0.3) is 0 Å². The minimum atomic E-state index is -0.0124. The van der Waals surface area contributed by atoms with E-state index in [4.69, 9.17) is 9.47 Å². The normalized spacial score (nSPS) is 17.4. The van der Waals surface area contributed by atoms with Gasteiger partial charge in [0.2, 0.25) is 0 Å². The molecule has 2 heterocycles. The summed E-state index contributed by atoms with van der Waals surface area (Å²) in [5, 5.41) is 0. The molecular weight excluding hydrogens is 318 g/mol. The van der Waals surface area contributed by atoms with Gasteiger partial charge in [-0.05, 0) is 31.9 Å². The molecule has 0 saturated carbocycles. The Labute approximate surface area is 147 Å². The summed E-state index contributed by atoms with van der Waals surface area (Å²) in [5.74, 6) is 0.587. The highest BCUT2D eigenvalue weighted by Crippen LogP contribution is 2.23. The van der Waals surface area contributed by atoms with Crippen LogP contribution < -0.4 is 4.74 Å². The van der Waals surface area contributed by atoms with Crippen LogP contribution in [-0.4, -0.2) is 53.7 Å². The second-order valence-corrected chi connectivity index (χ2v) is 6.05. The first kappa shape index (κ1) is 17.4. The number of morpholine rings is 1. The van der Waals surface area contributed by atoms with Gasteiger partial charge in [0.1, 0.15) is 5.75 Å². The Balaban J connectivity index is 1.74. The molecule has 1 atom stereocenters. The van der Waals surface area contributed by atoms with E-state index in [2.05, 4.69) is 9.97 Å². The third-order valence-corrected chi connectivity index (χ3v) is 4.52. The van der Waals surface area contributed by atoms with E-state index in [0.717, 1.165) is 24.2 Å². The summed E-state index contributed by atoms with van der Waals surface area (Å²) in [7, 11) is 1.58. The van der Waals surface area contributed by atoms with Crippen LogP contribution in [0.4, 0.5) is 0 Å². The Kier molecular flexibility index (Phi) is 5.60. The van der Waals surface area contributed by atoms with Crippen LogP contribution in [0.3, 0.4) is 0 Å². The van der Waals surface area contributed by atoms with Gasteiger partial charge in [-0.2, -0.15) is 0 Å². The predicted octanol–water partition coefficient (Wildman–Crippen LogP) is 2.27. The zero-order valence-electron chi connectivity index (χ0n) is 14.6. The number of aromatic nitrogens is 2. The van der Waals surface area contributed by atoms with Crippen molar-refractivity contribution >= 4 is 5.91 Å². The highest BCUT2D eigenvalue weighted by molar-refractivity contribution is 5.97. The van der Waals surface area contributed by atoms with E-state index in [0.29, 0.717) is 31.1 Å². The Hall–Kier alpha value is -2.47. The number of carbonyl (C=O) groups excluding carboxylic acids is 1. The number of methoxy groups -OCH3 is 1. The molecule has 1 fully saturated rings. The van der Waals surface area contributed by atoms with Crippen LogP contribution in [0, 0.1) is 6.92 Å². The van der Waals surface area contributed by atoms with Crippen LogP contribution in [0.15, 0.2) is 36.7 Å². The molecule has 132 valence electrons. The minimum Gasteiger partial charge on any atom is -0.496 e. The predicted molar refractivity (Wildman–Crippen MR) is 93.7 cm³/mol. The number of amides is 1. The lowest BCUT2D eigenvalue weighted by molar-refractivity contribution is -0.00428. The molecule has 0 aliphatic carbocycles. The number of hydrogen-bond donors (Lipinski definition) is 0. The van der Waals surface area contributed by atoms with E-state index in [-0.39, 0.29) is 11.9 Å². The summed E-state index contributed by atoms with van der Waals surface area (Å²) in [6.45, 7) is 3.64. The van der Waals surface area contributed by atoms with E-state index >= 15 is 0 Å². The lowest BCUT2D eigenvalue weighted by atomic mass is 10.0. The van der Waals surface area contributed by atoms with Crippen LogP contribution >= 0.6 is 0 Å². The molecule has 2 aromatic rings. The fourth-order valence-electron chi connectivity index (χ4n) is 3.12. The fraction of sp³-hybridized carbons (Fsp3) is 0.421. The van der Waals surface area contributed by atoms with Gasteiger partial charge < -0.3 is 14.4 Å². The summed E-state index contributed by atoms with van der Waals surface area (Å²) in [6, 6.07) is 7.36. The van der Waals surface area contributed by atoms with E-state index in [1.165, 1.54) is 0 Å². The molecule has 1 aliphatic rings. The number of ether oxygens (including phenoxy) is 2. The van der Waals surface area contributed by atoms with Crippen LogP contribution in [0.2, 0.25) is 0 Å². The molecule has 0 bridgehead atoms. The Bertz CT molecular complexity index is 735. The maximum Gasteiger partial charge on any atom is 0.258 e. The van der Waals surface area contributed by atoms with Crippen molar-refractivity contribution in [2.45, 2.75) is 25.8 Å².